The molecule has 1 aliphatic heterocycles. The molecule has 2 aromatic carbocycles. The van der Waals surface area contributed by atoms with Gasteiger partial charge >= 0.3 is 6.01 Å². The molecule has 0 atom stereocenters. The number of nitrogens with one attached hydrogen (secondary N) is 1. The van der Waals surface area contributed by atoms with E-state index in [9.17, 15) is 4.79 Å². The highest BCUT2D eigenvalue weighted by Crippen LogP contribution is 2.45. The fourth-order valence-corrected chi connectivity index (χ4v) is 4.72. The lowest BCUT2D eigenvalue weighted by Gasteiger charge is -2.37. The molecule has 1 N–H and O–H groups in total. The lowest BCUT2D eigenvalue weighted by Crippen LogP contribution is -2.43. The molecule has 0 bridgehead atoms. The number of aromatic amines is 1. The molecule has 7 nitrogen and oxygen atoms in total. The fourth-order valence-electron chi connectivity index (χ4n) is 4.72. The Labute approximate surface area is 197 Å². The van der Waals surface area contributed by atoms with E-state index in [0.29, 0.717) is 47.5 Å². The van der Waals surface area contributed by atoms with E-state index in [1.807, 2.05) is 13.0 Å². The summed E-state index contributed by atoms with van der Waals surface area (Å²) in [6, 6.07) is 13.0. The largest absolute Gasteiger partial charge is 0.467 e. The lowest BCUT2D eigenvalue weighted by atomic mass is 9.85. The second-order valence-corrected chi connectivity index (χ2v) is 9.16. The Morgan fingerprint density at radius 3 is 2.50 bits per heavy atom. The Balaban J connectivity index is 1.38. The summed E-state index contributed by atoms with van der Waals surface area (Å²) in [5.74, 6) is 0.938. The van der Waals surface area contributed by atoms with Crippen LogP contribution in [0.4, 0.5) is 4.39 Å². The Bertz CT molecular complexity index is 1270. The number of nitriles is 1. The van der Waals surface area contributed by atoms with Crippen molar-refractivity contribution in [3.8, 4) is 23.5 Å². The lowest BCUT2D eigenvalue weighted by molar-refractivity contribution is 0.0421. The molecule has 1 saturated carbocycles. The molecule has 1 aromatic heterocycles. The first-order valence-electron chi connectivity index (χ1n) is 11.5. The van der Waals surface area contributed by atoms with Crippen molar-refractivity contribution in [1.82, 2.24) is 20.1 Å². The normalized spacial score (nSPS) is 17.3. The van der Waals surface area contributed by atoms with Crippen LogP contribution in [0.15, 0.2) is 36.4 Å². The molecule has 2 heterocycles. The predicted molar refractivity (Wildman–Crippen MR) is 124 cm³/mol. The van der Waals surface area contributed by atoms with Gasteiger partial charge in [-0.2, -0.15) is 5.26 Å². The van der Waals surface area contributed by atoms with Crippen LogP contribution in [0.2, 0.25) is 0 Å². The second-order valence-electron chi connectivity index (χ2n) is 9.16. The molecule has 1 amide bonds. The van der Waals surface area contributed by atoms with E-state index >= 15 is 4.39 Å². The average molecular weight is 460 g/mol. The number of halogens is 1. The van der Waals surface area contributed by atoms with Gasteiger partial charge in [0.25, 0.3) is 5.91 Å². The predicted octanol–water partition coefficient (Wildman–Crippen LogP) is 4.64. The molecule has 174 valence electrons. The third-order valence-electron chi connectivity index (χ3n) is 6.93. The molecule has 2 fully saturated rings. The topological polar surface area (TPSA) is 94.9 Å². The molecule has 1 saturated heterocycles. The van der Waals surface area contributed by atoms with Crippen LogP contribution in [-0.2, 0) is 5.67 Å². The Morgan fingerprint density at radius 1 is 1.21 bits per heavy atom. The van der Waals surface area contributed by atoms with Crippen LogP contribution in [0.5, 0.6) is 6.01 Å². The molecular formula is C26H26FN5O2. The molecule has 1 aliphatic carbocycles. The van der Waals surface area contributed by atoms with Gasteiger partial charge in [-0.3, -0.25) is 9.78 Å². The molecule has 34 heavy (non-hydrogen) atoms. The number of hydrogen-bond acceptors (Lipinski definition) is 5. The average Bonchev–Trinajstić information content (AvgIpc) is 3.60. The Kier molecular flexibility index (Phi) is 5.56. The van der Waals surface area contributed by atoms with Crippen LogP contribution in [0.25, 0.3) is 11.4 Å². The number of aryl methyl sites for hydroxylation is 1. The standard InChI is InChI=1S/C26H26FN5O2/c1-16-13-21(18-5-6-18)22(23-29-25(34-2)31-30-23)14-20(16)24(33)32-11-9-26(27,10-12-32)19-7-3-17(15-28)4-8-19/h3-4,7-8,13-14,18H,5-6,9-12H2,1-2H3,(H,29,30,31). The zero-order chi connectivity index (χ0) is 23.9. The minimum absolute atomic E-state index is 0.102. The highest BCUT2D eigenvalue weighted by atomic mass is 19.1. The van der Waals surface area contributed by atoms with Gasteiger partial charge in [0.05, 0.1) is 18.7 Å². The number of likely N-dealkylation sites (tertiary alicyclic amines) is 1. The summed E-state index contributed by atoms with van der Waals surface area (Å²) in [7, 11) is 1.52. The first-order chi connectivity index (χ1) is 16.4. The molecule has 5 rings (SSSR count). The maximum absolute atomic E-state index is 15.7. The van der Waals surface area contributed by atoms with Crippen molar-refractivity contribution in [2.75, 3.05) is 20.2 Å². The Morgan fingerprint density at radius 2 is 1.91 bits per heavy atom. The maximum Gasteiger partial charge on any atom is 0.314 e. The number of hydrogen-bond donors (Lipinski definition) is 1. The van der Waals surface area contributed by atoms with Crippen molar-refractivity contribution in [1.29, 1.82) is 5.26 Å². The van der Waals surface area contributed by atoms with Crippen molar-refractivity contribution in [3.63, 3.8) is 0 Å². The van der Waals surface area contributed by atoms with Crippen molar-refractivity contribution in [2.45, 2.75) is 44.2 Å². The summed E-state index contributed by atoms with van der Waals surface area (Å²) < 4.78 is 20.8. The van der Waals surface area contributed by atoms with Crippen LogP contribution in [-0.4, -0.2) is 46.2 Å². The summed E-state index contributed by atoms with van der Waals surface area (Å²) in [6.07, 6.45) is 2.67. The number of rotatable bonds is 5. The van der Waals surface area contributed by atoms with Gasteiger partial charge in [-0.25, -0.2) is 4.39 Å². The number of amides is 1. The molecule has 2 aliphatic rings. The van der Waals surface area contributed by atoms with E-state index in [1.54, 1.807) is 29.2 Å². The number of ether oxygens (including phenoxy) is 1. The molecule has 0 spiro atoms. The van der Waals surface area contributed by atoms with Gasteiger partial charge in [-0.15, -0.1) is 5.10 Å². The minimum atomic E-state index is -1.50. The summed E-state index contributed by atoms with van der Waals surface area (Å²) in [5.41, 5.74) is 3.09. The van der Waals surface area contributed by atoms with Crippen LogP contribution < -0.4 is 4.74 Å². The number of piperidine rings is 1. The molecular weight excluding hydrogens is 433 g/mol. The number of aromatic nitrogens is 3. The third kappa shape index (κ3) is 4.03. The van der Waals surface area contributed by atoms with Crippen LogP contribution in [0, 0.1) is 18.3 Å². The summed E-state index contributed by atoms with van der Waals surface area (Å²) in [6.45, 7) is 2.60. The summed E-state index contributed by atoms with van der Waals surface area (Å²) in [5, 5.41) is 17.2. The number of methoxy groups -OCH3 is 1. The first-order valence-corrected chi connectivity index (χ1v) is 11.5. The number of benzene rings is 2. The smallest absolute Gasteiger partial charge is 0.314 e. The fraction of sp³-hybridized carbons (Fsp3) is 0.385. The van der Waals surface area contributed by atoms with E-state index in [2.05, 4.69) is 27.3 Å². The van der Waals surface area contributed by atoms with Gasteiger partial charge in [0.2, 0.25) is 0 Å². The number of alkyl halides is 1. The molecule has 0 unspecified atom stereocenters. The molecule has 8 heteroatoms. The minimum Gasteiger partial charge on any atom is -0.467 e. The van der Waals surface area contributed by atoms with Crippen LogP contribution in [0.1, 0.15) is 64.2 Å². The molecule has 3 aromatic rings. The van der Waals surface area contributed by atoms with Crippen molar-refractivity contribution in [2.24, 2.45) is 0 Å². The van der Waals surface area contributed by atoms with Gasteiger partial charge < -0.3 is 9.64 Å². The zero-order valence-corrected chi connectivity index (χ0v) is 19.3. The van der Waals surface area contributed by atoms with Crippen molar-refractivity contribution < 1.29 is 13.9 Å². The van der Waals surface area contributed by atoms with Gasteiger partial charge in [-0.1, -0.05) is 23.3 Å². The van der Waals surface area contributed by atoms with Gasteiger partial charge in [0, 0.05) is 37.1 Å². The van der Waals surface area contributed by atoms with Crippen LogP contribution >= 0.6 is 0 Å². The molecule has 0 radical (unpaired) electrons. The third-order valence-corrected chi connectivity index (χ3v) is 6.93. The quantitative estimate of drug-likeness (QED) is 0.600. The van der Waals surface area contributed by atoms with Gasteiger partial charge in [0.1, 0.15) is 5.67 Å². The Hall–Kier alpha value is -3.73. The van der Waals surface area contributed by atoms with Gasteiger partial charge in [0.15, 0.2) is 5.82 Å². The van der Waals surface area contributed by atoms with E-state index in [-0.39, 0.29) is 18.7 Å². The van der Waals surface area contributed by atoms with Crippen molar-refractivity contribution in [3.05, 3.63) is 64.2 Å². The zero-order valence-electron chi connectivity index (χ0n) is 19.3. The van der Waals surface area contributed by atoms with E-state index in [1.165, 1.54) is 7.11 Å². The number of nitrogens with zero attached hydrogens (tertiary/aromatic N) is 4. The monoisotopic (exact) mass is 459 g/mol. The number of carbonyl (C=O) groups is 1. The second kappa shape index (κ2) is 8.56. The van der Waals surface area contributed by atoms with E-state index < -0.39 is 5.67 Å². The highest BCUT2D eigenvalue weighted by Gasteiger charge is 2.38. The van der Waals surface area contributed by atoms with E-state index in [4.69, 9.17) is 10.00 Å². The maximum atomic E-state index is 15.7. The SMILES string of the molecule is COc1nnc(-c2cc(C(=O)N3CCC(F)(c4ccc(C#N)cc4)CC3)c(C)cc2C2CC2)[nH]1. The van der Waals surface area contributed by atoms with E-state index in [0.717, 1.165) is 29.5 Å². The van der Waals surface area contributed by atoms with Crippen molar-refractivity contribution >= 4 is 5.91 Å². The number of H-pyrrole nitrogens is 1. The van der Waals surface area contributed by atoms with Crippen LogP contribution in [0.3, 0.4) is 0 Å². The summed E-state index contributed by atoms with van der Waals surface area (Å²) >= 11 is 0. The number of carbonyl (C=O) groups excluding carboxylic acids is 1. The van der Waals surface area contributed by atoms with Gasteiger partial charge in [-0.05, 0) is 60.6 Å². The summed E-state index contributed by atoms with van der Waals surface area (Å²) in [4.78, 5) is 18.3. The highest BCUT2D eigenvalue weighted by molar-refractivity contribution is 5.97. The first kappa shape index (κ1) is 22.1.